The van der Waals surface area contributed by atoms with E-state index in [9.17, 15) is 14.9 Å². The van der Waals surface area contributed by atoms with Gasteiger partial charge in [-0.1, -0.05) is 43.7 Å². The second-order valence-electron chi connectivity index (χ2n) is 5.34. The van der Waals surface area contributed by atoms with Gasteiger partial charge in [0.15, 0.2) is 0 Å². The van der Waals surface area contributed by atoms with E-state index in [1.54, 1.807) is 0 Å². The first-order chi connectivity index (χ1) is 10.1. The predicted molar refractivity (Wildman–Crippen MR) is 79.4 cm³/mol. The van der Waals surface area contributed by atoms with Crippen molar-refractivity contribution in [3.05, 3.63) is 33.1 Å². The highest BCUT2D eigenvalue weighted by atomic mass is 35.5. The Hall–Kier alpha value is -1.69. The number of aromatic nitrogens is 1. The van der Waals surface area contributed by atoms with E-state index < -0.39 is 10.8 Å². The summed E-state index contributed by atoms with van der Waals surface area (Å²) in [6, 6.07) is 1.16. The summed E-state index contributed by atoms with van der Waals surface area (Å²) in [5, 5.41) is 13.4. The van der Waals surface area contributed by atoms with Crippen molar-refractivity contribution in [2.45, 2.75) is 38.5 Å². The third-order valence-corrected chi connectivity index (χ3v) is 4.14. The van der Waals surface area contributed by atoms with Crippen molar-refractivity contribution in [3.8, 4) is 0 Å². The lowest BCUT2D eigenvalue weighted by atomic mass is 9.87. The van der Waals surface area contributed by atoms with Gasteiger partial charge in [-0.25, -0.2) is 4.98 Å². The number of pyridine rings is 1. The normalized spacial score (nSPS) is 15.7. The molecule has 21 heavy (non-hydrogen) atoms. The Bertz CT molecular complexity index is 530. The van der Waals surface area contributed by atoms with Crippen LogP contribution in [-0.4, -0.2) is 22.4 Å². The number of hydrogen-bond donors (Lipinski definition) is 1. The summed E-state index contributed by atoms with van der Waals surface area (Å²) in [5.74, 6) is 0.254. The molecule has 2 rings (SSSR count). The largest absolute Gasteiger partial charge is 0.352 e. The van der Waals surface area contributed by atoms with Gasteiger partial charge in [-0.05, 0) is 12.3 Å². The van der Waals surface area contributed by atoms with Crippen LogP contribution in [0.2, 0.25) is 5.15 Å². The monoisotopic (exact) mass is 311 g/mol. The molecule has 1 N–H and O–H groups in total. The van der Waals surface area contributed by atoms with Crippen LogP contribution in [-0.2, 0) is 0 Å². The molecule has 1 fully saturated rings. The summed E-state index contributed by atoms with van der Waals surface area (Å²) in [7, 11) is 0. The number of halogens is 1. The van der Waals surface area contributed by atoms with Gasteiger partial charge in [0.05, 0.1) is 10.5 Å². The molecule has 0 aromatic carbocycles. The number of carbonyl (C=O) groups is 1. The quantitative estimate of drug-likeness (QED) is 0.513. The van der Waals surface area contributed by atoms with Gasteiger partial charge in [0, 0.05) is 12.6 Å². The van der Waals surface area contributed by atoms with Gasteiger partial charge in [-0.2, -0.15) is 0 Å². The highest BCUT2D eigenvalue weighted by Crippen LogP contribution is 2.26. The van der Waals surface area contributed by atoms with E-state index in [0.29, 0.717) is 12.5 Å². The van der Waals surface area contributed by atoms with Gasteiger partial charge in [0.1, 0.15) is 11.3 Å². The average Bonchev–Trinajstić information content (AvgIpc) is 2.48. The molecule has 0 unspecified atom stereocenters. The summed E-state index contributed by atoms with van der Waals surface area (Å²) in [4.78, 5) is 25.8. The molecular formula is C14H18ClN3O3. The third-order valence-electron chi connectivity index (χ3n) is 3.84. The van der Waals surface area contributed by atoms with Gasteiger partial charge in [-0.15, -0.1) is 0 Å². The van der Waals surface area contributed by atoms with Crippen molar-refractivity contribution in [1.29, 1.82) is 0 Å². The van der Waals surface area contributed by atoms with Crippen molar-refractivity contribution in [1.82, 2.24) is 10.3 Å². The Morgan fingerprint density at radius 3 is 2.81 bits per heavy atom. The topological polar surface area (TPSA) is 85.1 Å². The lowest BCUT2D eigenvalue weighted by Crippen LogP contribution is -2.27. The fourth-order valence-corrected chi connectivity index (χ4v) is 2.85. The maximum Gasteiger partial charge on any atom is 0.288 e. The molecule has 1 aliphatic rings. The van der Waals surface area contributed by atoms with Gasteiger partial charge >= 0.3 is 0 Å². The molecular weight excluding hydrogens is 294 g/mol. The summed E-state index contributed by atoms with van der Waals surface area (Å²) < 4.78 is 0. The van der Waals surface area contributed by atoms with Crippen molar-refractivity contribution < 1.29 is 9.72 Å². The number of nitrogens with zero attached hydrogens (tertiary/aromatic N) is 2. The van der Waals surface area contributed by atoms with Crippen molar-refractivity contribution in [2.24, 2.45) is 5.92 Å². The molecule has 0 spiro atoms. The zero-order chi connectivity index (χ0) is 15.2. The molecule has 1 amide bonds. The molecule has 0 bridgehead atoms. The highest BCUT2D eigenvalue weighted by molar-refractivity contribution is 6.32. The number of carbonyl (C=O) groups excluding carboxylic acids is 1. The predicted octanol–water partition coefficient (Wildman–Crippen LogP) is 3.34. The van der Waals surface area contributed by atoms with E-state index in [1.165, 1.54) is 32.1 Å². The maximum atomic E-state index is 12.0. The Labute approximate surface area is 128 Å². The Balaban J connectivity index is 1.90. The highest BCUT2D eigenvalue weighted by Gasteiger charge is 2.18. The third kappa shape index (κ3) is 4.39. The zero-order valence-corrected chi connectivity index (χ0v) is 12.4. The summed E-state index contributed by atoms with van der Waals surface area (Å²) in [6.07, 6.45) is 8.24. The molecule has 1 saturated carbocycles. The molecule has 1 aromatic rings. The molecule has 0 saturated heterocycles. The molecule has 1 heterocycles. The van der Waals surface area contributed by atoms with Gasteiger partial charge in [0.2, 0.25) is 0 Å². The second kappa shape index (κ2) is 7.36. The summed E-state index contributed by atoms with van der Waals surface area (Å²) in [5.41, 5.74) is -0.189. The van der Waals surface area contributed by atoms with Crippen LogP contribution in [0.25, 0.3) is 0 Å². The van der Waals surface area contributed by atoms with Crippen molar-refractivity contribution >= 4 is 23.2 Å². The van der Waals surface area contributed by atoms with Gasteiger partial charge in [0.25, 0.3) is 11.6 Å². The Morgan fingerprint density at radius 1 is 1.43 bits per heavy atom. The fraction of sp³-hybridized carbons (Fsp3) is 0.571. The van der Waals surface area contributed by atoms with E-state index in [0.717, 1.165) is 18.7 Å². The lowest BCUT2D eigenvalue weighted by Gasteiger charge is -2.21. The smallest absolute Gasteiger partial charge is 0.288 e. The van der Waals surface area contributed by atoms with Crippen LogP contribution >= 0.6 is 11.6 Å². The Morgan fingerprint density at radius 2 is 2.14 bits per heavy atom. The maximum absolute atomic E-state index is 12.0. The van der Waals surface area contributed by atoms with Crippen LogP contribution < -0.4 is 5.32 Å². The van der Waals surface area contributed by atoms with E-state index in [-0.39, 0.29) is 16.4 Å². The molecule has 1 aromatic heterocycles. The van der Waals surface area contributed by atoms with Gasteiger partial charge < -0.3 is 5.32 Å². The molecule has 0 atom stereocenters. The van der Waals surface area contributed by atoms with Crippen LogP contribution in [0.4, 0.5) is 5.69 Å². The minimum Gasteiger partial charge on any atom is -0.352 e. The molecule has 7 heteroatoms. The standard InChI is InChI=1S/C14H18ClN3O3/c15-13-12(8-11(9-17-13)18(20)21)14(19)16-7-6-10-4-2-1-3-5-10/h8-10H,1-7H2,(H,16,19). The number of amides is 1. The first kappa shape index (κ1) is 15.7. The molecule has 114 valence electrons. The number of nitro groups is 1. The van der Waals surface area contributed by atoms with Crippen LogP contribution in [0.3, 0.4) is 0 Å². The van der Waals surface area contributed by atoms with Crippen molar-refractivity contribution in [3.63, 3.8) is 0 Å². The minimum atomic E-state index is -0.595. The van der Waals surface area contributed by atoms with E-state index >= 15 is 0 Å². The van der Waals surface area contributed by atoms with Crippen LogP contribution in [0.1, 0.15) is 48.9 Å². The van der Waals surface area contributed by atoms with Crippen LogP contribution in [0.15, 0.2) is 12.3 Å². The summed E-state index contributed by atoms with van der Waals surface area (Å²) >= 11 is 5.83. The Kier molecular flexibility index (Phi) is 5.50. The summed E-state index contributed by atoms with van der Waals surface area (Å²) in [6.45, 7) is 0.558. The zero-order valence-electron chi connectivity index (χ0n) is 11.7. The number of hydrogen-bond acceptors (Lipinski definition) is 4. The van der Waals surface area contributed by atoms with E-state index in [4.69, 9.17) is 11.6 Å². The van der Waals surface area contributed by atoms with Crippen LogP contribution in [0.5, 0.6) is 0 Å². The molecule has 1 aliphatic carbocycles. The van der Waals surface area contributed by atoms with E-state index in [1.807, 2.05) is 0 Å². The first-order valence-electron chi connectivity index (χ1n) is 7.16. The fourth-order valence-electron chi connectivity index (χ4n) is 2.66. The lowest BCUT2D eigenvalue weighted by molar-refractivity contribution is -0.385. The van der Waals surface area contributed by atoms with Crippen molar-refractivity contribution in [2.75, 3.05) is 6.54 Å². The van der Waals surface area contributed by atoms with Crippen LogP contribution in [0, 0.1) is 16.0 Å². The first-order valence-corrected chi connectivity index (χ1v) is 7.54. The second-order valence-corrected chi connectivity index (χ2v) is 5.70. The molecule has 6 nitrogen and oxygen atoms in total. The molecule has 0 radical (unpaired) electrons. The SMILES string of the molecule is O=C(NCCC1CCCCC1)c1cc([N+](=O)[O-])cnc1Cl. The average molecular weight is 312 g/mol. The number of nitrogens with one attached hydrogen (secondary N) is 1. The van der Waals surface area contributed by atoms with Gasteiger partial charge in [-0.3, -0.25) is 14.9 Å². The molecule has 0 aliphatic heterocycles. The van der Waals surface area contributed by atoms with E-state index in [2.05, 4.69) is 10.3 Å². The number of rotatable bonds is 5. The minimum absolute atomic E-state index is 0.0178.